The molecule has 1 fully saturated rings. The maximum atomic E-state index is 12.8. The molecule has 1 aromatic heterocycles. The average Bonchev–Trinajstić information content (AvgIpc) is 2.91. The Kier molecular flexibility index (Phi) is 4.44. The Bertz CT molecular complexity index is 781. The highest BCUT2D eigenvalue weighted by Gasteiger charge is 2.30. The third-order valence-electron chi connectivity index (χ3n) is 4.17. The van der Waals surface area contributed by atoms with Gasteiger partial charge in [0, 0.05) is 24.0 Å². The second-order valence-electron chi connectivity index (χ2n) is 5.73. The van der Waals surface area contributed by atoms with Gasteiger partial charge in [-0.2, -0.15) is 0 Å². The number of rotatable bonds is 4. The topological polar surface area (TPSA) is 89.2 Å². The van der Waals surface area contributed by atoms with E-state index in [-0.39, 0.29) is 24.6 Å². The Balaban J connectivity index is 1.88. The molecule has 1 N–H and O–H groups in total. The van der Waals surface area contributed by atoms with Crippen LogP contribution in [-0.4, -0.2) is 54.8 Å². The van der Waals surface area contributed by atoms with E-state index in [1.807, 2.05) is 19.1 Å². The van der Waals surface area contributed by atoms with Crippen molar-refractivity contribution in [3.05, 3.63) is 29.5 Å². The zero-order valence-electron chi connectivity index (χ0n) is 13.6. The van der Waals surface area contributed by atoms with Crippen molar-refractivity contribution in [1.29, 1.82) is 0 Å². The van der Waals surface area contributed by atoms with Crippen molar-refractivity contribution < 1.29 is 28.6 Å². The van der Waals surface area contributed by atoms with Crippen molar-refractivity contribution in [3.8, 4) is 5.75 Å². The summed E-state index contributed by atoms with van der Waals surface area (Å²) in [4.78, 5) is 25.2. The average molecular weight is 333 g/mol. The highest BCUT2D eigenvalue weighted by molar-refractivity contribution is 6.00. The number of morpholine rings is 1. The van der Waals surface area contributed by atoms with E-state index in [9.17, 15) is 9.59 Å². The number of hydrogen-bond donors (Lipinski definition) is 1. The molecular formula is C17H19NO6. The number of nitrogens with zero attached hydrogens (tertiary/aromatic N) is 1. The van der Waals surface area contributed by atoms with Gasteiger partial charge in [0.1, 0.15) is 0 Å². The standard InChI is InChI=1S/C17H19NO6/c1-10-12-4-3-5-13(22-2)16(12)24-15(10)17(21)18-6-7-23-11(9-18)8-14(19)20/h3-5,11H,6-9H2,1-2H3,(H,19,20). The second-order valence-corrected chi connectivity index (χ2v) is 5.73. The summed E-state index contributed by atoms with van der Waals surface area (Å²) in [6.07, 6.45) is -0.629. The Morgan fingerprint density at radius 3 is 2.92 bits per heavy atom. The third-order valence-corrected chi connectivity index (χ3v) is 4.17. The van der Waals surface area contributed by atoms with Crippen LogP contribution < -0.4 is 4.74 Å². The van der Waals surface area contributed by atoms with Gasteiger partial charge < -0.3 is 23.9 Å². The monoisotopic (exact) mass is 333 g/mol. The molecule has 1 amide bonds. The fourth-order valence-corrected chi connectivity index (χ4v) is 2.95. The van der Waals surface area contributed by atoms with Crippen molar-refractivity contribution in [2.45, 2.75) is 19.4 Å². The Labute approximate surface area is 138 Å². The number of amides is 1. The number of carbonyl (C=O) groups excluding carboxylic acids is 1. The van der Waals surface area contributed by atoms with Crippen LogP contribution >= 0.6 is 0 Å². The van der Waals surface area contributed by atoms with E-state index in [2.05, 4.69) is 0 Å². The van der Waals surface area contributed by atoms with Gasteiger partial charge in [0.25, 0.3) is 5.91 Å². The molecule has 1 aromatic carbocycles. The third kappa shape index (κ3) is 2.94. The van der Waals surface area contributed by atoms with Gasteiger partial charge in [0.15, 0.2) is 17.1 Å². The largest absolute Gasteiger partial charge is 0.493 e. The second kappa shape index (κ2) is 6.52. The quantitative estimate of drug-likeness (QED) is 0.921. The number of carbonyl (C=O) groups is 2. The SMILES string of the molecule is COc1cccc2c(C)c(C(=O)N3CCOC(CC(=O)O)C3)oc12. The summed E-state index contributed by atoms with van der Waals surface area (Å²) in [5.74, 6) is -0.380. The number of benzene rings is 1. The summed E-state index contributed by atoms with van der Waals surface area (Å²) >= 11 is 0. The Hall–Kier alpha value is -2.54. The molecule has 0 saturated carbocycles. The van der Waals surface area contributed by atoms with Crippen LogP contribution in [0.3, 0.4) is 0 Å². The first-order valence-electron chi connectivity index (χ1n) is 7.70. The summed E-state index contributed by atoms with van der Waals surface area (Å²) in [5, 5.41) is 9.72. The molecule has 24 heavy (non-hydrogen) atoms. The van der Waals surface area contributed by atoms with Crippen molar-refractivity contribution in [2.24, 2.45) is 0 Å². The van der Waals surface area contributed by atoms with Gasteiger partial charge in [0.2, 0.25) is 0 Å². The Morgan fingerprint density at radius 1 is 1.42 bits per heavy atom. The van der Waals surface area contributed by atoms with Crippen molar-refractivity contribution in [1.82, 2.24) is 4.90 Å². The van der Waals surface area contributed by atoms with Crippen molar-refractivity contribution in [2.75, 3.05) is 26.8 Å². The lowest BCUT2D eigenvalue weighted by Gasteiger charge is -2.31. The van der Waals surface area contributed by atoms with Crippen LogP contribution in [0.5, 0.6) is 5.75 Å². The predicted octanol–water partition coefficient (Wildman–Crippen LogP) is 2.07. The zero-order valence-corrected chi connectivity index (χ0v) is 13.6. The molecule has 7 heteroatoms. The van der Waals surface area contributed by atoms with Crippen LogP contribution in [0, 0.1) is 6.92 Å². The van der Waals surface area contributed by atoms with E-state index in [1.54, 1.807) is 18.1 Å². The van der Waals surface area contributed by atoms with Gasteiger partial charge >= 0.3 is 5.97 Å². The maximum absolute atomic E-state index is 12.8. The number of carboxylic acids is 1. The van der Waals surface area contributed by atoms with Crippen LogP contribution in [0.4, 0.5) is 0 Å². The van der Waals surface area contributed by atoms with Crippen LogP contribution in [0.15, 0.2) is 22.6 Å². The molecule has 1 unspecified atom stereocenters. The van der Waals surface area contributed by atoms with Gasteiger partial charge in [-0.1, -0.05) is 12.1 Å². The van der Waals surface area contributed by atoms with Gasteiger partial charge in [0.05, 0.1) is 26.2 Å². The lowest BCUT2D eigenvalue weighted by Crippen LogP contribution is -2.46. The van der Waals surface area contributed by atoms with E-state index in [0.29, 0.717) is 24.5 Å². The maximum Gasteiger partial charge on any atom is 0.306 e. The molecule has 1 saturated heterocycles. The fourth-order valence-electron chi connectivity index (χ4n) is 2.95. The molecule has 1 atom stereocenters. The first-order valence-corrected chi connectivity index (χ1v) is 7.70. The minimum Gasteiger partial charge on any atom is -0.493 e. The summed E-state index contributed by atoms with van der Waals surface area (Å²) in [5.41, 5.74) is 1.28. The van der Waals surface area contributed by atoms with Gasteiger partial charge in [-0.25, -0.2) is 0 Å². The number of furan rings is 1. The summed E-state index contributed by atoms with van der Waals surface area (Å²) in [7, 11) is 1.55. The number of hydrogen-bond acceptors (Lipinski definition) is 5. The predicted molar refractivity (Wildman–Crippen MR) is 85.4 cm³/mol. The van der Waals surface area contributed by atoms with Crippen LogP contribution in [0.25, 0.3) is 11.0 Å². The number of ether oxygens (including phenoxy) is 2. The van der Waals surface area contributed by atoms with E-state index < -0.39 is 12.1 Å². The normalized spacial score (nSPS) is 17.9. The lowest BCUT2D eigenvalue weighted by molar-refractivity contribution is -0.141. The summed E-state index contributed by atoms with van der Waals surface area (Å²) in [6, 6.07) is 5.49. The molecule has 0 radical (unpaired) electrons. The van der Waals surface area contributed by atoms with E-state index in [0.717, 1.165) is 10.9 Å². The molecular weight excluding hydrogens is 314 g/mol. The molecule has 2 heterocycles. The molecule has 1 aliphatic heterocycles. The molecule has 1 aliphatic rings. The highest BCUT2D eigenvalue weighted by atomic mass is 16.5. The number of para-hydroxylation sites is 1. The fraction of sp³-hybridized carbons (Fsp3) is 0.412. The zero-order chi connectivity index (χ0) is 17.3. The minimum absolute atomic E-state index is 0.128. The van der Waals surface area contributed by atoms with Crippen molar-refractivity contribution in [3.63, 3.8) is 0 Å². The molecule has 7 nitrogen and oxygen atoms in total. The van der Waals surface area contributed by atoms with Gasteiger partial charge in [-0.15, -0.1) is 0 Å². The summed E-state index contributed by atoms with van der Waals surface area (Å²) in [6.45, 7) is 2.78. The van der Waals surface area contributed by atoms with Gasteiger partial charge in [-0.3, -0.25) is 9.59 Å². The minimum atomic E-state index is -0.945. The molecule has 128 valence electrons. The Morgan fingerprint density at radius 2 is 2.21 bits per heavy atom. The van der Waals surface area contributed by atoms with Gasteiger partial charge in [-0.05, 0) is 13.0 Å². The van der Waals surface area contributed by atoms with Crippen LogP contribution in [0.1, 0.15) is 22.5 Å². The highest BCUT2D eigenvalue weighted by Crippen LogP contribution is 2.33. The van der Waals surface area contributed by atoms with Crippen LogP contribution in [0.2, 0.25) is 0 Å². The lowest BCUT2D eigenvalue weighted by atomic mass is 10.1. The van der Waals surface area contributed by atoms with E-state index in [4.69, 9.17) is 19.0 Å². The van der Waals surface area contributed by atoms with Crippen molar-refractivity contribution >= 4 is 22.8 Å². The first-order chi connectivity index (χ1) is 11.5. The number of aliphatic carboxylic acids is 1. The number of aryl methyl sites for hydroxylation is 1. The number of carboxylic acid groups (broad SMARTS) is 1. The van der Waals surface area contributed by atoms with E-state index >= 15 is 0 Å². The van der Waals surface area contributed by atoms with E-state index in [1.165, 1.54) is 0 Å². The summed E-state index contributed by atoms with van der Waals surface area (Å²) < 4.78 is 16.5. The molecule has 0 bridgehead atoms. The first kappa shape index (κ1) is 16.3. The van der Waals surface area contributed by atoms with Crippen LogP contribution in [-0.2, 0) is 9.53 Å². The number of fused-ring (bicyclic) bond motifs is 1. The molecule has 3 rings (SSSR count). The molecule has 0 spiro atoms. The molecule has 2 aromatic rings. The smallest absolute Gasteiger partial charge is 0.306 e. The number of methoxy groups -OCH3 is 1. The molecule has 0 aliphatic carbocycles.